The summed E-state index contributed by atoms with van der Waals surface area (Å²) in [5.74, 6) is 2.12. The Morgan fingerprint density at radius 1 is 1.12 bits per heavy atom. The fourth-order valence-corrected chi connectivity index (χ4v) is 6.76. The van der Waals surface area contributed by atoms with Gasteiger partial charge in [-0.2, -0.15) is 4.31 Å². The standard InChI is InChI=1S/C22H27N5O4S2/c1-16-13-18(25-31-16)15-32-22-24-23-21(27(22)19-6-2-3-7-19)17-5-4-8-20(14-17)33(28,29)26-9-11-30-12-10-26/h4-5,8,13-14,19H,2-3,6-7,9-12,15H2,1H3. The predicted octanol–water partition coefficient (Wildman–Crippen LogP) is 3.67. The quantitative estimate of drug-likeness (QED) is 0.463. The Morgan fingerprint density at radius 2 is 1.91 bits per heavy atom. The largest absolute Gasteiger partial charge is 0.379 e. The number of ether oxygens (including phenoxy) is 1. The van der Waals surface area contributed by atoms with Crippen molar-refractivity contribution in [2.24, 2.45) is 0 Å². The van der Waals surface area contributed by atoms with Gasteiger partial charge in [0.1, 0.15) is 5.76 Å². The van der Waals surface area contributed by atoms with Crippen molar-refractivity contribution >= 4 is 21.8 Å². The minimum absolute atomic E-state index is 0.273. The number of rotatable bonds is 7. The van der Waals surface area contributed by atoms with Gasteiger partial charge >= 0.3 is 0 Å². The highest BCUT2D eigenvalue weighted by molar-refractivity contribution is 7.98. The molecule has 0 amide bonds. The fraction of sp³-hybridized carbons (Fsp3) is 0.500. The maximum absolute atomic E-state index is 13.2. The second-order valence-electron chi connectivity index (χ2n) is 8.38. The first-order chi connectivity index (χ1) is 16.0. The molecule has 3 heterocycles. The van der Waals surface area contributed by atoms with Crippen LogP contribution in [0.2, 0.25) is 0 Å². The number of sulfonamides is 1. The van der Waals surface area contributed by atoms with E-state index in [1.54, 1.807) is 30.0 Å². The van der Waals surface area contributed by atoms with Gasteiger partial charge in [-0.3, -0.25) is 4.57 Å². The van der Waals surface area contributed by atoms with Gasteiger partial charge in [0.2, 0.25) is 10.0 Å². The summed E-state index contributed by atoms with van der Waals surface area (Å²) in [5, 5.41) is 13.9. The summed E-state index contributed by atoms with van der Waals surface area (Å²) < 4.78 is 40.5. The molecular weight excluding hydrogens is 462 g/mol. The molecule has 1 aromatic carbocycles. The van der Waals surface area contributed by atoms with Crippen LogP contribution in [0.15, 0.2) is 44.9 Å². The lowest BCUT2D eigenvalue weighted by Crippen LogP contribution is -2.40. The number of aryl methyl sites for hydroxylation is 1. The summed E-state index contributed by atoms with van der Waals surface area (Å²) in [5.41, 5.74) is 1.62. The molecule has 1 aliphatic heterocycles. The van der Waals surface area contributed by atoms with Gasteiger partial charge in [0.25, 0.3) is 0 Å². The van der Waals surface area contributed by atoms with Crippen LogP contribution in [0.1, 0.15) is 43.2 Å². The van der Waals surface area contributed by atoms with Gasteiger partial charge in [-0.25, -0.2) is 8.42 Å². The number of aromatic nitrogens is 4. The fourth-order valence-electron chi connectivity index (χ4n) is 4.42. The molecule has 2 aromatic heterocycles. The molecular formula is C22H27N5O4S2. The highest BCUT2D eigenvalue weighted by Gasteiger charge is 2.29. The third-order valence-electron chi connectivity index (χ3n) is 6.08. The van der Waals surface area contributed by atoms with Crippen LogP contribution in [0.4, 0.5) is 0 Å². The van der Waals surface area contributed by atoms with Gasteiger partial charge in [0.15, 0.2) is 11.0 Å². The smallest absolute Gasteiger partial charge is 0.243 e. The molecule has 0 spiro atoms. The first-order valence-electron chi connectivity index (χ1n) is 11.2. The number of hydrogen-bond acceptors (Lipinski definition) is 8. The van der Waals surface area contributed by atoms with Crippen molar-refractivity contribution in [2.75, 3.05) is 26.3 Å². The van der Waals surface area contributed by atoms with Gasteiger partial charge < -0.3 is 9.26 Å². The molecule has 33 heavy (non-hydrogen) atoms. The molecule has 176 valence electrons. The SMILES string of the molecule is Cc1cc(CSc2nnc(-c3cccc(S(=O)(=O)N4CCOCC4)c3)n2C2CCCC2)no1. The first kappa shape index (κ1) is 22.6. The molecule has 0 unspecified atom stereocenters. The van der Waals surface area contributed by atoms with Crippen molar-refractivity contribution < 1.29 is 17.7 Å². The van der Waals surface area contributed by atoms with Crippen molar-refractivity contribution in [1.29, 1.82) is 0 Å². The Hall–Kier alpha value is -2.21. The first-order valence-corrected chi connectivity index (χ1v) is 13.6. The number of hydrogen-bond donors (Lipinski definition) is 0. The lowest BCUT2D eigenvalue weighted by atomic mass is 10.2. The Balaban J connectivity index is 1.47. The molecule has 3 aromatic rings. The highest BCUT2D eigenvalue weighted by atomic mass is 32.2. The van der Waals surface area contributed by atoms with E-state index < -0.39 is 10.0 Å². The Labute approximate surface area is 197 Å². The molecule has 5 rings (SSSR count). The summed E-state index contributed by atoms with van der Waals surface area (Å²) in [7, 11) is -3.59. The molecule has 1 saturated carbocycles. The monoisotopic (exact) mass is 489 g/mol. The van der Waals surface area contributed by atoms with Crippen molar-refractivity contribution in [3.63, 3.8) is 0 Å². The minimum Gasteiger partial charge on any atom is -0.379 e. The third kappa shape index (κ3) is 4.72. The molecule has 0 bridgehead atoms. The van der Waals surface area contributed by atoms with Gasteiger partial charge in [-0.05, 0) is 31.9 Å². The molecule has 1 aliphatic carbocycles. The zero-order valence-corrected chi connectivity index (χ0v) is 20.1. The van der Waals surface area contributed by atoms with Gasteiger partial charge in [0, 0.05) is 36.5 Å². The molecule has 1 saturated heterocycles. The number of benzene rings is 1. The summed E-state index contributed by atoms with van der Waals surface area (Å²) >= 11 is 1.57. The van der Waals surface area contributed by atoms with Crippen LogP contribution in [0.5, 0.6) is 0 Å². The van der Waals surface area contributed by atoms with E-state index in [0.717, 1.165) is 35.0 Å². The second-order valence-corrected chi connectivity index (χ2v) is 11.3. The summed E-state index contributed by atoms with van der Waals surface area (Å²) in [4.78, 5) is 0.273. The van der Waals surface area contributed by atoms with Crippen LogP contribution in [0.3, 0.4) is 0 Å². The minimum atomic E-state index is -3.59. The zero-order valence-electron chi connectivity index (χ0n) is 18.5. The molecule has 11 heteroatoms. The molecule has 2 fully saturated rings. The Bertz CT molecular complexity index is 1210. The topological polar surface area (TPSA) is 103 Å². The van der Waals surface area contributed by atoms with E-state index in [9.17, 15) is 8.42 Å². The molecule has 2 aliphatic rings. The second kappa shape index (κ2) is 9.57. The molecule has 9 nitrogen and oxygen atoms in total. The van der Waals surface area contributed by atoms with Crippen molar-refractivity contribution in [3.05, 3.63) is 41.8 Å². The zero-order chi connectivity index (χ0) is 22.8. The van der Waals surface area contributed by atoms with Crippen LogP contribution in [0, 0.1) is 6.92 Å². The van der Waals surface area contributed by atoms with Gasteiger partial charge in [-0.1, -0.05) is 41.9 Å². The van der Waals surface area contributed by atoms with Crippen molar-refractivity contribution in [3.8, 4) is 11.4 Å². The lowest BCUT2D eigenvalue weighted by molar-refractivity contribution is 0.0730. The van der Waals surface area contributed by atoms with Crippen LogP contribution >= 0.6 is 11.8 Å². The van der Waals surface area contributed by atoms with Crippen molar-refractivity contribution in [1.82, 2.24) is 24.2 Å². The van der Waals surface area contributed by atoms with Gasteiger partial charge in [-0.15, -0.1) is 10.2 Å². The molecule has 0 N–H and O–H groups in total. The van der Waals surface area contributed by atoms with E-state index in [2.05, 4.69) is 19.9 Å². The van der Waals surface area contributed by atoms with E-state index in [0.29, 0.717) is 43.9 Å². The van der Waals surface area contributed by atoms with E-state index in [4.69, 9.17) is 9.26 Å². The lowest BCUT2D eigenvalue weighted by Gasteiger charge is -2.26. The number of nitrogens with zero attached hydrogens (tertiary/aromatic N) is 5. The van der Waals surface area contributed by atoms with Crippen LogP contribution in [-0.2, 0) is 20.5 Å². The van der Waals surface area contributed by atoms with Crippen molar-refractivity contribution in [2.45, 2.75) is 54.5 Å². The number of morpholine rings is 1. The summed E-state index contributed by atoms with van der Waals surface area (Å²) in [6, 6.07) is 9.27. The highest BCUT2D eigenvalue weighted by Crippen LogP contribution is 2.37. The Kier molecular flexibility index (Phi) is 6.55. The predicted molar refractivity (Wildman–Crippen MR) is 123 cm³/mol. The maximum atomic E-state index is 13.2. The van der Waals surface area contributed by atoms with E-state index in [1.165, 1.54) is 17.1 Å². The normalized spacial score (nSPS) is 18.2. The Morgan fingerprint density at radius 3 is 2.64 bits per heavy atom. The molecule has 0 atom stereocenters. The summed E-state index contributed by atoms with van der Waals surface area (Å²) in [6.45, 7) is 3.44. The average Bonchev–Trinajstić information content (AvgIpc) is 3.59. The average molecular weight is 490 g/mol. The van der Waals surface area contributed by atoms with Gasteiger partial charge in [0.05, 0.1) is 23.8 Å². The molecule has 0 radical (unpaired) electrons. The number of thioether (sulfide) groups is 1. The third-order valence-corrected chi connectivity index (χ3v) is 8.95. The van der Waals surface area contributed by atoms with E-state index in [-0.39, 0.29) is 4.90 Å². The van der Waals surface area contributed by atoms with E-state index in [1.807, 2.05) is 19.1 Å². The maximum Gasteiger partial charge on any atom is 0.243 e. The van der Waals surface area contributed by atoms with Crippen LogP contribution in [-0.4, -0.2) is 58.9 Å². The summed E-state index contributed by atoms with van der Waals surface area (Å²) in [6.07, 6.45) is 4.46. The van der Waals surface area contributed by atoms with E-state index >= 15 is 0 Å². The van der Waals surface area contributed by atoms with Crippen LogP contribution in [0.25, 0.3) is 11.4 Å². The van der Waals surface area contributed by atoms with Crippen LogP contribution < -0.4 is 0 Å².